The van der Waals surface area contributed by atoms with E-state index in [-0.39, 0.29) is 35.6 Å². The molecule has 7 nitrogen and oxygen atoms in total. The lowest BCUT2D eigenvalue weighted by molar-refractivity contribution is -0.285. The van der Waals surface area contributed by atoms with Crippen molar-refractivity contribution in [3.8, 4) is 0 Å². The maximum Gasteiger partial charge on any atom is 0.331 e. The van der Waals surface area contributed by atoms with Crippen LogP contribution >= 0.6 is 0 Å². The molecule has 0 aromatic carbocycles. The fourth-order valence-corrected chi connectivity index (χ4v) is 8.90. The number of carbonyl (C=O) groups is 2. The third-order valence-corrected chi connectivity index (χ3v) is 10.2. The van der Waals surface area contributed by atoms with Gasteiger partial charge >= 0.3 is 11.9 Å². The molecule has 32 heavy (non-hydrogen) atoms. The smallest absolute Gasteiger partial charge is 0.331 e. The zero-order chi connectivity index (χ0) is 23.1. The Bertz CT molecular complexity index is 853. The van der Waals surface area contributed by atoms with E-state index in [1.165, 1.54) is 6.92 Å². The highest BCUT2D eigenvalue weighted by Crippen LogP contribution is 2.69. The van der Waals surface area contributed by atoms with Crippen LogP contribution in [0.1, 0.15) is 65.7 Å². The predicted molar refractivity (Wildman–Crippen MR) is 114 cm³/mol. The molecule has 0 spiro atoms. The number of hydrogen-bond donors (Lipinski definition) is 3. The highest BCUT2D eigenvalue weighted by Gasteiger charge is 2.70. The lowest BCUT2D eigenvalue weighted by Gasteiger charge is -2.66. The molecule has 0 aromatic heterocycles. The molecule has 3 N–H and O–H groups in total. The average molecular weight is 449 g/mol. The van der Waals surface area contributed by atoms with E-state index >= 15 is 0 Å². The van der Waals surface area contributed by atoms with Gasteiger partial charge in [0, 0.05) is 24.8 Å². The maximum absolute atomic E-state index is 12.0. The van der Waals surface area contributed by atoms with Gasteiger partial charge in [0.2, 0.25) is 0 Å². The summed E-state index contributed by atoms with van der Waals surface area (Å²) in [5, 5.41) is 33.9. The van der Waals surface area contributed by atoms with E-state index in [0.717, 1.165) is 18.4 Å². The zero-order valence-electron chi connectivity index (χ0n) is 19.3. The van der Waals surface area contributed by atoms with Gasteiger partial charge < -0.3 is 24.8 Å². The average Bonchev–Trinajstić information content (AvgIpc) is 3.25. The second-order valence-corrected chi connectivity index (χ2v) is 11.6. The molecule has 4 aliphatic carbocycles. The summed E-state index contributed by atoms with van der Waals surface area (Å²) in [6, 6.07) is 0. The topological polar surface area (TPSA) is 113 Å². The van der Waals surface area contributed by atoms with Crippen LogP contribution in [0.25, 0.3) is 0 Å². The van der Waals surface area contributed by atoms with Gasteiger partial charge in [-0.15, -0.1) is 0 Å². The van der Waals surface area contributed by atoms with Crippen LogP contribution in [0.5, 0.6) is 0 Å². The minimum Gasteiger partial charge on any atom is -0.459 e. The second kappa shape index (κ2) is 7.28. The summed E-state index contributed by atoms with van der Waals surface area (Å²) in [5.41, 5.74) is -1.17. The highest BCUT2D eigenvalue weighted by molar-refractivity contribution is 5.85. The number of rotatable bonds is 2. The highest BCUT2D eigenvalue weighted by atomic mass is 16.6. The van der Waals surface area contributed by atoms with Gasteiger partial charge in [-0.05, 0) is 73.2 Å². The summed E-state index contributed by atoms with van der Waals surface area (Å²) < 4.78 is 10.9. The van der Waals surface area contributed by atoms with Crippen LogP contribution < -0.4 is 0 Å². The largest absolute Gasteiger partial charge is 0.459 e. The van der Waals surface area contributed by atoms with Gasteiger partial charge in [-0.1, -0.05) is 13.8 Å². The molecule has 1 heterocycles. The predicted octanol–water partition coefficient (Wildman–Crippen LogP) is 2.12. The van der Waals surface area contributed by atoms with Gasteiger partial charge in [-0.2, -0.15) is 0 Å². The molecule has 0 aromatic rings. The Morgan fingerprint density at radius 3 is 2.59 bits per heavy atom. The summed E-state index contributed by atoms with van der Waals surface area (Å²) in [4.78, 5) is 23.7. The fraction of sp³-hybridized carbons (Fsp3) is 0.840. The van der Waals surface area contributed by atoms with Crippen LogP contribution in [0, 0.1) is 34.5 Å². The van der Waals surface area contributed by atoms with Crippen molar-refractivity contribution in [2.45, 2.75) is 89.6 Å². The van der Waals surface area contributed by atoms with Crippen LogP contribution in [0.4, 0.5) is 0 Å². The van der Waals surface area contributed by atoms with Gasteiger partial charge in [0.25, 0.3) is 0 Å². The molecule has 7 heteroatoms. The van der Waals surface area contributed by atoms with Crippen LogP contribution in [0.3, 0.4) is 0 Å². The SMILES string of the molecule is CC(=O)O[C@@H]1C[C@@H]2[C@H]([C@H](O)C[C@]3(C)[C@@H](C4=CC(=O)OC4)CC[C@@H]23)[C@@]2(C)CC[C@H](O)C[C@]12O. The van der Waals surface area contributed by atoms with E-state index in [0.29, 0.717) is 38.2 Å². The van der Waals surface area contributed by atoms with Crippen molar-refractivity contribution >= 4 is 11.9 Å². The van der Waals surface area contributed by atoms with Gasteiger partial charge in [0.05, 0.1) is 12.2 Å². The van der Waals surface area contributed by atoms with Crippen LogP contribution in [-0.4, -0.2) is 57.8 Å². The van der Waals surface area contributed by atoms with Crippen LogP contribution in [0.15, 0.2) is 11.6 Å². The van der Waals surface area contributed by atoms with Crippen LogP contribution in [0.2, 0.25) is 0 Å². The molecule has 0 bridgehead atoms. The Labute approximate surface area is 189 Å². The van der Waals surface area contributed by atoms with Gasteiger partial charge in [0.1, 0.15) is 18.3 Å². The number of cyclic esters (lactones) is 1. The molecule has 5 aliphatic rings. The van der Waals surface area contributed by atoms with E-state index in [2.05, 4.69) is 6.92 Å². The van der Waals surface area contributed by atoms with Gasteiger partial charge in [0.15, 0.2) is 0 Å². The summed E-state index contributed by atoms with van der Waals surface area (Å²) in [7, 11) is 0. The first-order valence-electron chi connectivity index (χ1n) is 12.1. The summed E-state index contributed by atoms with van der Waals surface area (Å²) in [6.45, 7) is 5.95. The fourth-order valence-electron chi connectivity index (χ4n) is 8.90. The molecule has 1 aliphatic heterocycles. The second-order valence-electron chi connectivity index (χ2n) is 11.6. The first-order chi connectivity index (χ1) is 15.0. The van der Waals surface area contributed by atoms with Crippen molar-refractivity contribution in [3.05, 3.63) is 11.6 Å². The lowest BCUT2D eigenvalue weighted by Crippen LogP contribution is -2.71. The number of esters is 2. The number of aliphatic hydroxyl groups excluding tert-OH is 2. The monoisotopic (exact) mass is 448 g/mol. The van der Waals surface area contributed by atoms with Crippen molar-refractivity contribution in [1.29, 1.82) is 0 Å². The molecule has 10 atom stereocenters. The maximum atomic E-state index is 12.0. The Morgan fingerprint density at radius 1 is 1.19 bits per heavy atom. The molecule has 0 radical (unpaired) electrons. The van der Waals surface area contributed by atoms with Crippen molar-refractivity contribution in [2.75, 3.05) is 6.61 Å². The van der Waals surface area contributed by atoms with E-state index < -0.39 is 35.3 Å². The molecule has 0 saturated heterocycles. The number of aliphatic hydroxyl groups is 3. The first kappa shape index (κ1) is 22.4. The standard InChI is InChI=1S/C25H36O7/c1-13(26)32-20-9-16-18-5-4-17(14-8-21(29)31-12-14)23(18,2)11-19(28)22(16)24(3)7-6-15(27)10-25(20,24)30/h8,15-20,22,27-28,30H,4-7,9-12H2,1-3H3/t15-,16-,17+,18-,19+,20+,22+,23+,24+,25-/m0/s1. The van der Waals surface area contributed by atoms with Crippen molar-refractivity contribution in [2.24, 2.45) is 34.5 Å². The van der Waals surface area contributed by atoms with Crippen molar-refractivity contribution in [1.82, 2.24) is 0 Å². The lowest BCUT2D eigenvalue weighted by atomic mass is 9.41. The summed E-state index contributed by atoms with van der Waals surface area (Å²) >= 11 is 0. The zero-order valence-corrected chi connectivity index (χ0v) is 19.3. The van der Waals surface area contributed by atoms with E-state index in [9.17, 15) is 24.9 Å². The Hall–Kier alpha value is -1.44. The number of hydrogen-bond acceptors (Lipinski definition) is 7. The van der Waals surface area contributed by atoms with E-state index in [1.807, 2.05) is 6.92 Å². The third kappa shape index (κ3) is 2.96. The molecule has 4 fully saturated rings. The first-order valence-corrected chi connectivity index (χ1v) is 12.1. The molecule has 0 amide bonds. The number of carbonyl (C=O) groups excluding carboxylic acids is 2. The van der Waals surface area contributed by atoms with E-state index in [4.69, 9.17) is 9.47 Å². The Kier molecular flexibility index (Phi) is 5.08. The molecule has 5 rings (SSSR count). The third-order valence-electron chi connectivity index (χ3n) is 10.2. The van der Waals surface area contributed by atoms with Crippen LogP contribution in [-0.2, 0) is 19.1 Å². The summed E-state index contributed by atoms with van der Waals surface area (Å²) in [5.74, 6) is -0.268. The van der Waals surface area contributed by atoms with Gasteiger partial charge in [-0.25, -0.2) is 4.79 Å². The van der Waals surface area contributed by atoms with Crippen molar-refractivity contribution in [3.63, 3.8) is 0 Å². The van der Waals surface area contributed by atoms with E-state index in [1.54, 1.807) is 6.08 Å². The van der Waals surface area contributed by atoms with Crippen molar-refractivity contribution < 1.29 is 34.4 Å². The minimum absolute atomic E-state index is 0.0947. The molecule has 4 saturated carbocycles. The normalized spacial score (nSPS) is 52.4. The Morgan fingerprint density at radius 2 is 1.94 bits per heavy atom. The minimum atomic E-state index is -1.36. The molecule has 0 unspecified atom stereocenters. The summed E-state index contributed by atoms with van der Waals surface area (Å²) in [6.07, 6.45) is 4.01. The molecular weight excluding hydrogens is 412 g/mol. The molecular formula is C25H36O7. The van der Waals surface area contributed by atoms with Gasteiger partial charge in [-0.3, -0.25) is 4.79 Å². The molecule has 178 valence electrons. The quantitative estimate of drug-likeness (QED) is 0.555. The number of ether oxygens (including phenoxy) is 2. The number of fused-ring (bicyclic) bond motifs is 5. The Balaban J connectivity index is 1.54.